The third-order valence-electron chi connectivity index (χ3n) is 5.62. The Morgan fingerprint density at radius 1 is 0.889 bits per heavy atom. The third-order valence-corrected chi connectivity index (χ3v) is 5.62. The number of aromatic hydroxyl groups is 1. The maximum atomic E-state index is 13.1. The molecule has 0 spiro atoms. The summed E-state index contributed by atoms with van der Waals surface area (Å²) in [6, 6.07) is 0.0163. The van der Waals surface area contributed by atoms with E-state index >= 15 is 0 Å². The zero-order valence-electron chi connectivity index (χ0n) is 20.3. The number of benzene rings is 1. The van der Waals surface area contributed by atoms with Crippen molar-refractivity contribution < 1.29 is 44.4 Å². The number of phenols is 1. The summed E-state index contributed by atoms with van der Waals surface area (Å²) in [5.41, 5.74) is 6.05. The molecule has 0 aliphatic heterocycles. The lowest BCUT2D eigenvalue weighted by molar-refractivity contribution is -0.144. The molecule has 0 bridgehead atoms. The highest BCUT2D eigenvalue weighted by atomic mass is 16.4. The van der Waals surface area contributed by atoms with Crippen molar-refractivity contribution in [2.45, 2.75) is 70.3 Å². The molecule has 1 rings (SSSR count). The van der Waals surface area contributed by atoms with E-state index in [1.807, 2.05) is 0 Å². The molecule has 36 heavy (non-hydrogen) atoms. The van der Waals surface area contributed by atoms with Gasteiger partial charge in [-0.25, -0.2) is 4.79 Å². The lowest BCUT2D eigenvalue weighted by atomic mass is 9.98. The first-order chi connectivity index (χ1) is 16.8. The molecule has 13 nitrogen and oxygen atoms in total. The third kappa shape index (κ3) is 9.50. The summed E-state index contributed by atoms with van der Waals surface area (Å²) in [6.45, 7) is 4.63. The van der Waals surface area contributed by atoms with Crippen molar-refractivity contribution in [1.29, 1.82) is 0 Å². The fourth-order valence-electron chi connectivity index (χ4n) is 3.16. The normalized spacial score (nSPS) is 15.9. The molecule has 0 aromatic heterocycles. The molecular weight excluding hydrogens is 476 g/mol. The highest BCUT2D eigenvalue weighted by molar-refractivity contribution is 5.95. The predicted octanol–water partition coefficient (Wildman–Crippen LogP) is -1.30. The van der Waals surface area contributed by atoms with Gasteiger partial charge in [-0.15, -0.1) is 0 Å². The van der Waals surface area contributed by atoms with Gasteiger partial charge in [-0.2, -0.15) is 0 Å². The van der Waals surface area contributed by atoms with E-state index in [1.165, 1.54) is 31.2 Å². The quantitative estimate of drug-likeness (QED) is 0.147. The number of amides is 3. The summed E-state index contributed by atoms with van der Waals surface area (Å²) in [5.74, 6) is -6.02. The number of nitrogens with two attached hydrogens (primary N) is 1. The summed E-state index contributed by atoms with van der Waals surface area (Å²) in [6.07, 6.45) is -1.81. The van der Waals surface area contributed by atoms with E-state index in [2.05, 4.69) is 16.0 Å². The number of carbonyl (C=O) groups is 5. The molecule has 6 unspecified atom stereocenters. The van der Waals surface area contributed by atoms with E-state index in [-0.39, 0.29) is 12.2 Å². The van der Waals surface area contributed by atoms with Gasteiger partial charge in [-0.05, 0) is 30.5 Å². The monoisotopic (exact) mass is 510 g/mol. The molecule has 6 atom stereocenters. The lowest BCUT2D eigenvalue weighted by Crippen LogP contribution is -2.59. The first kappa shape index (κ1) is 30.3. The Morgan fingerprint density at radius 3 is 1.89 bits per heavy atom. The van der Waals surface area contributed by atoms with E-state index in [9.17, 15) is 44.4 Å². The molecule has 9 N–H and O–H groups in total. The van der Waals surface area contributed by atoms with Crippen molar-refractivity contribution in [3.05, 3.63) is 29.8 Å². The average molecular weight is 511 g/mol. The van der Waals surface area contributed by atoms with Gasteiger partial charge in [-0.1, -0.05) is 32.4 Å². The maximum Gasteiger partial charge on any atom is 0.326 e. The van der Waals surface area contributed by atoms with Gasteiger partial charge in [0.2, 0.25) is 17.7 Å². The van der Waals surface area contributed by atoms with Crippen LogP contribution in [0, 0.1) is 5.92 Å². The number of aliphatic hydroxyl groups is 1. The van der Waals surface area contributed by atoms with Crippen LogP contribution in [0.1, 0.15) is 39.2 Å². The number of aliphatic carboxylic acids is 2. The summed E-state index contributed by atoms with van der Waals surface area (Å²) in [4.78, 5) is 61.2. The number of aliphatic hydroxyl groups excluding tert-OH is 1. The van der Waals surface area contributed by atoms with Gasteiger partial charge in [0.05, 0.1) is 12.5 Å². The van der Waals surface area contributed by atoms with E-state index in [0.29, 0.717) is 12.0 Å². The van der Waals surface area contributed by atoms with Crippen molar-refractivity contribution in [3.8, 4) is 5.75 Å². The Balaban J connectivity index is 3.21. The van der Waals surface area contributed by atoms with Crippen molar-refractivity contribution in [2.24, 2.45) is 11.7 Å². The zero-order valence-corrected chi connectivity index (χ0v) is 20.3. The molecule has 0 aliphatic carbocycles. The van der Waals surface area contributed by atoms with Crippen molar-refractivity contribution >= 4 is 29.7 Å². The molecule has 0 saturated heterocycles. The molecule has 0 radical (unpaired) electrons. The molecule has 200 valence electrons. The Kier molecular flexibility index (Phi) is 11.8. The van der Waals surface area contributed by atoms with Crippen molar-refractivity contribution in [2.75, 3.05) is 0 Å². The Morgan fingerprint density at radius 2 is 1.42 bits per heavy atom. The van der Waals surface area contributed by atoms with E-state index in [0.717, 1.165) is 0 Å². The minimum absolute atomic E-state index is 0.0369. The molecular formula is C23H34N4O9. The minimum Gasteiger partial charge on any atom is -0.508 e. The fourth-order valence-corrected chi connectivity index (χ4v) is 3.16. The van der Waals surface area contributed by atoms with Crippen LogP contribution in [0.2, 0.25) is 0 Å². The first-order valence-corrected chi connectivity index (χ1v) is 11.3. The van der Waals surface area contributed by atoms with Gasteiger partial charge < -0.3 is 42.1 Å². The van der Waals surface area contributed by atoms with Crippen LogP contribution in [0.25, 0.3) is 0 Å². The largest absolute Gasteiger partial charge is 0.508 e. The second-order valence-corrected chi connectivity index (χ2v) is 8.57. The molecule has 0 aliphatic rings. The number of carboxylic acid groups (broad SMARTS) is 2. The van der Waals surface area contributed by atoms with Gasteiger partial charge in [0.1, 0.15) is 29.9 Å². The van der Waals surface area contributed by atoms with Gasteiger partial charge in [0.25, 0.3) is 0 Å². The molecule has 1 aromatic carbocycles. The SMILES string of the molecule is CCC(C)C(NC(=O)C(Cc1ccc(O)cc1)NC(=O)C(CC(=O)O)NC(=O)C(N)C(C)O)C(=O)O. The highest BCUT2D eigenvalue weighted by Crippen LogP contribution is 2.13. The summed E-state index contributed by atoms with van der Waals surface area (Å²) in [7, 11) is 0. The van der Waals surface area contributed by atoms with Crippen LogP contribution < -0.4 is 21.7 Å². The van der Waals surface area contributed by atoms with Crippen molar-refractivity contribution in [1.82, 2.24) is 16.0 Å². The topological polar surface area (TPSA) is 228 Å². The van der Waals surface area contributed by atoms with Crippen LogP contribution in [-0.4, -0.2) is 80.4 Å². The number of phenolic OH excluding ortho intramolecular Hbond substituents is 1. The molecule has 0 fully saturated rings. The van der Waals surface area contributed by atoms with Crippen LogP contribution in [0.4, 0.5) is 0 Å². The zero-order chi connectivity index (χ0) is 27.6. The molecule has 1 aromatic rings. The maximum absolute atomic E-state index is 13.1. The first-order valence-electron chi connectivity index (χ1n) is 11.3. The molecule has 3 amide bonds. The van der Waals surface area contributed by atoms with E-state index in [1.54, 1.807) is 13.8 Å². The fraction of sp³-hybridized carbons (Fsp3) is 0.522. The number of carboxylic acids is 2. The summed E-state index contributed by atoms with van der Waals surface area (Å²) < 4.78 is 0. The van der Waals surface area contributed by atoms with E-state index < -0.39 is 72.3 Å². The highest BCUT2D eigenvalue weighted by Gasteiger charge is 2.33. The van der Waals surface area contributed by atoms with Gasteiger partial charge >= 0.3 is 11.9 Å². The molecule has 0 heterocycles. The Hall–Kier alpha value is -3.71. The number of carbonyl (C=O) groups excluding carboxylic acids is 3. The van der Waals surface area contributed by atoms with Crippen LogP contribution in [0.5, 0.6) is 5.75 Å². The van der Waals surface area contributed by atoms with Crippen LogP contribution >= 0.6 is 0 Å². The number of nitrogens with one attached hydrogen (secondary N) is 3. The van der Waals surface area contributed by atoms with Crippen molar-refractivity contribution in [3.63, 3.8) is 0 Å². The van der Waals surface area contributed by atoms with E-state index in [4.69, 9.17) is 5.73 Å². The average Bonchev–Trinajstić information content (AvgIpc) is 2.81. The number of hydrogen-bond donors (Lipinski definition) is 8. The Labute approximate surface area is 208 Å². The van der Waals surface area contributed by atoms with Gasteiger partial charge in [0, 0.05) is 6.42 Å². The lowest BCUT2D eigenvalue weighted by Gasteiger charge is -2.26. The molecule has 0 saturated carbocycles. The predicted molar refractivity (Wildman–Crippen MR) is 127 cm³/mol. The summed E-state index contributed by atoms with van der Waals surface area (Å²) >= 11 is 0. The molecule has 13 heteroatoms. The van der Waals surface area contributed by atoms with Crippen LogP contribution in [-0.2, 0) is 30.4 Å². The van der Waals surface area contributed by atoms with Crippen LogP contribution in [0.3, 0.4) is 0 Å². The van der Waals surface area contributed by atoms with Gasteiger partial charge in [-0.3, -0.25) is 19.2 Å². The summed E-state index contributed by atoms with van der Waals surface area (Å²) in [5, 5.41) is 44.6. The second-order valence-electron chi connectivity index (χ2n) is 8.57. The number of hydrogen-bond acceptors (Lipinski definition) is 8. The number of rotatable bonds is 14. The smallest absolute Gasteiger partial charge is 0.326 e. The van der Waals surface area contributed by atoms with Gasteiger partial charge in [0.15, 0.2) is 0 Å². The second kappa shape index (κ2) is 14.0. The standard InChI is InChI=1S/C23H34N4O9/c1-4-11(2)19(23(35)36)27-21(33)15(9-13-5-7-14(29)8-6-13)25-20(32)16(10-17(30)31)26-22(34)18(24)12(3)28/h5-8,11-12,15-16,18-19,28-29H,4,9-10,24H2,1-3H3,(H,25,32)(H,26,34)(H,27,33)(H,30,31)(H,35,36). The minimum atomic E-state index is -1.64. The Bertz CT molecular complexity index is 936. The van der Waals surface area contributed by atoms with Crippen LogP contribution in [0.15, 0.2) is 24.3 Å².